The van der Waals surface area contributed by atoms with Crippen molar-refractivity contribution >= 4 is 11.7 Å². The predicted octanol–water partition coefficient (Wildman–Crippen LogP) is 2.98. The normalized spacial score (nSPS) is 52.9. The summed E-state index contributed by atoms with van der Waals surface area (Å²) in [7, 11) is 0. The Bertz CT molecular complexity index is 509. The Morgan fingerprint density at radius 1 is 1.37 bits per heavy atom. The van der Waals surface area contributed by atoms with E-state index in [9.17, 15) is 4.79 Å². The van der Waals surface area contributed by atoms with E-state index in [2.05, 4.69) is 27.7 Å². The summed E-state index contributed by atoms with van der Waals surface area (Å²) in [5, 5.41) is 0. The first kappa shape index (κ1) is 11.9. The SMILES string of the molecule is CC[C@@H]1C[C@]12N=C1C[C@H]3C[C@H](C3(C)C)[C@@]1(C)OC2=O. The zero-order chi connectivity index (χ0) is 13.6. The highest BCUT2D eigenvalue weighted by Gasteiger charge is 2.71. The molecule has 2 bridgehead atoms. The number of esters is 1. The Hall–Kier alpha value is -0.860. The molecule has 0 amide bonds. The van der Waals surface area contributed by atoms with Crippen molar-refractivity contribution in [3.8, 4) is 0 Å². The maximum Gasteiger partial charge on any atom is 0.335 e. The molecule has 0 aromatic heterocycles. The molecule has 1 spiro atoms. The third-order valence-electron chi connectivity index (χ3n) is 6.71. The first-order valence-electron chi connectivity index (χ1n) is 7.67. The highest BCUT2D eigenvalue weighted by atomic mass is 16.6. The van der Waals surface area contributed by atoms with Gasteiger partial charge in [-0.15, -0.1) is 0 Å². The van der Waals surface area contributed by atoms with Crippen LogP contribution in [0.4, 0.5) is 0 Å². The average molecular weight is 261 g/mol. The van der Waals surface area contributed by atoms with E-state index in [1.54, 1.807) is 0 Å². The van der Waals surface area contributed by atoms with Gasteiger partial charge >= 0.3 is 5.97 Å². The van der Waals surface area contributed by atoms with E-state index in [-0.39, 0.29) is 5.97 Å². The summed E-state index contributed by atoms with van der Waals surface area (Å²) in [6.45, 7) is 8.87. The number of hydrogen-bond donors (Lipinski definition) is 0. The first-order valence-corrected chi connectivity index (χ1v) is 7.67. The van der Waals surface area contributed by atoms with Gasteiger partial charge in [-0.25, -0.2) is 4.79 Å². The Labute approximate surface area is 114 Å². The highest BCUT2D eigenvalue weighted by Crippen LogP contribution is 2.65. The molecular weight excluding hydrogens is 238 g/mol. The second kappa shape index (κ2) is 3.07. The van der Waals surface area contributed by atoms with Gasteiger partial charge in [-0.1, -0.05) is 27.2 Å². The Balaban J connectivity index is 1.76. The van der Waals surface area contributed by atoms with Crippen molar-refractivity contribution in [1.29, 1.82) is 0 Å². The molecule has 5 rings (SSSR count). The van der Waals surface area contributed by atoms with E-state index < -0.39 is 11.1 Å². The van der Waals surface area contributed by atoms with Gasteiger partial charge in [-0.3, -0.25) is 4.99 Å². The predicted molar refractivity (Wildman–Crippen MR) is 73.1 cm³/mol. The molecule has 0 aromatic rings. The molecule has 104 valence electrons. The number of aliphatic imine (C=N–C) groups is 1. The van der Waals surface area contributed by atoms with Gasteiger partial charge in [0, 0.05) is 5.92 Å². The lowest BCUT2D eigenvalue weighted by Crippen LogP contribution is -2.68. The van der Waals surface area contributed by atoms with E-state index in [0.717, 1.165) is 25.2 Å². The van der Waals surface area contributed by atoms with Crippen molar-refractivity contribution in [3.63, 3.8) is 0 Å². The van der Waals surface area contributed by atoms with Crippen LogP contribution in [0.25, 0.3) is 0 Å². The maximum atomic E-state index is 12.5. The van der Waals surface area contributed by atoms with E-state index >= 15 is 0 Å². The molecule has 0 unspecified atom stereocenters. The number of nitrogens with zero attached hydrogens (tertiary/aromatic N) is 1. The number of carbonyl (C=O) groups excluding carboxylic acids is 1. The van der Waals surface area contributed by atoms with Crippen LogP contribution in [0.3, 0.4) is 0 Å². The molecule has 1 aliphatic heterocycles. The van der Waals surface area contributed by atoms with Gasteiger partial charge < -0.3 is 4.74 Å². The van der Waals surface area contributed by atoms with Crippen molar-refractivity contribution in [2.75, 3.05) is 0 Å². The smallest absolute Gasteiger partial charge is 0.335 e. The van der Waals surface area contributed by atoms with E-state index in [4.69, 9.17) is 9.73 Å². The monoisotopic (exact) mass is 261 g/mol. The molecule has 4 fully saturated rings. The molecular formula is C16H23NO2. The molecule has 5 atom stereocenters. The minimum Gasteiger partial charge on any atom is -0.451 e. The fraction of sp³-hybridized carbons (Fsp3) is 0.875. The second-order valence-electron chi connectivity index (χ2n) is 7.80. The van der Waals surface area contributed by atoms with E-state index in [0.29, 0.717) is 17.3 Å². The lowest BCUT2D eigenvalue weighted by atomic mass is 9.43. The molecule has 0 N–H and O–H groups in total. The van der Waals surface area contributed by atoms with Gasteiger partial charge in [0.1, 0.15) is 0 Å². The summed E-state index contributed by atoms with van der Waals surface area (Å²) in [4.78, 5) is 17.4. The van der Waals surface area contributed by atoms with Crippen LogP contribution in [0.5, 0.6) is 0 Å². The molecule has 4 aliphatic carbocycles. The van der Waals surface area contributed by atoms with Crippen LogP contribution in [-0.2, 0) is 9.53 Å². The quantitative estimate of drug-likeness (QED) is 0.681. The molecule has 0 saturated heterocycles. The zero-order valence-corrected chi connectivity index (χ0v) is 12.3. The standard InChI is InChI=1S/C16H23NO2/c1-5-9-8-16(9)13(18)19-15(4)11-6-10(14(11,2)3)7-12(15)17-16/h9-11H,5-8H2,1-4H3/t9-,10-,11-,15-,16+/m1/s1. The fourth-order valence-electron chi connectivity index (χ4n) is 4.97. The summed E-state index contributed by atoms with van der Waals surface area (Å²) in [5.41, 5.74) is 0.592. The van der Waals surface area contributed by atoms with Crippen molar-refractivity contribution in [2.45, 2.75) is 64.5 Å². The van der Waals surface area contributed by atoms with Crippen LogP contribution in [0.15, 0.2) is 4.99 Å². The Morgan fingerprint density at radius 3 is 2.68 bits per heavy atom. The zero-order valence-electron chi connectivity index (χ0n) is 12.3. The van der Waals surface area contributed by atoms with Crippen molar-refractivity contribution < 1.29 is 9.53 Å². The van der Waals surface area contributed by atoms with Gasteiger partial charge in [0.25, 0.3) is 0 Å². The maximum absolute atomic E-state index is 12.5. The molecule has 3 nitrogen and oxygen atoms in total. The van der Waals surface area contributed by atoms with Crippen LogP contribution in [0.1, 0.15) is 53.4 Å². The van der Waals surface area contributed by atoms with Gasteiger partial charge in [0.05, 0.1) is 5.71 Å². The molecule has 0 aromatic carbocycles. The first-order chi connectivity index (χ1) is 8.84. The highest BCUT2D eigenvalue weighted by molar-refractivity contribution is 6.03. The van der Waals surface area contributed by atoms with Gasteiger partial charge in [0.15, 0.2) is 11.1 Å². The number of carbonyl (C=O) groups is 1. The lowest BCUT2D eigenvalue weighted by Gasteiger charge is -2.64. The van der Waals surface area contributed by atoms with Crippen LogP contribution < -0.4 is 0 Å². The van der Waals surface area contributed by atoms with Crippen molar-refractivity contribution in [3.05, 3.63) is 0 Å². The van der Waals surface area contributed by atoms with Crippen LogP contribution in [-0.4, -0.2) is 22.8 Å². The lowest BCUT2D eigenvalue weighted by molar-refractivity contribution is -0.189. The third-order valence-corrected chi connectivity index (χ3v) is 6.71. The molecule has 0 radical (unpaired) electrons. The molecule has 4 saturated carbocycles. The summed E-state index contributed by atoms with van der Waals surface area (Å²) >= 11 is 0. The Kier molecular flexibility index (Phi) is 1.93. The van der Waals surface area contributed by atoms with Crippen LogP contribution in [0.2, 0.25) is 0 Å². The minimum absolute atomic E-state index is 0.0493. The van der Waals surface area contributed by atoms with Crippen molar-refractivity contribution in [1.82, 2.24) is 0 Å². The van der Waals surface area contributed by atoms with Gasteiger partial charge in [-0.05, 0) is 43.4 Å². The molecule has 19 heavy (non-hydrogen) atoms. The largest absolute Gasteiger partial charge is 0.451 e. The number of hydrogen-bond acceptors (Lipinski definition) is 3. The fourth-order valence-corrected chi connectivity index (χ4v) is 4.97. The van der Waals surface area contributed by atoms with Crippen molar-refractivity contribution in [2.24, 2.45) is 28.2 Å². The van der Waals surface area contributed by atoms with Crippen LogP contribution >= 0.6 is 0 Å². The Morgan fingerprint density at radius 2 is 2.11 bits per heavy atom. The molecule has 5 aliphatic rings. The summed E-state index contributed by atoms with van der Waals surface area (Å²) in [5.74, 6) is 1.56. The summed E-state index contributed by atoms with van der Waals surface area (Å²) in [6.07, 6.45) is 4.16. The molecule has 1 heterocycles. The third kappa shape index (κ3) is 1.16. The second-order valence-corrected chi connectivity index (χ2v) is 7.80. The van der Waals surface area contributed by atoms with Gasteiger partial charge in [-0.2, -0.15) is 0 Å². The minimum atomic E-state index is -0.475. The topological polar surface area (TPSA) is 38.7 Å². The summed E-state index contributed by atoms with van der Waals surface area (Å²) in [6, 6.07) is 0. The number of rotatable bonds is 1. The number of ether oxygens (including phenoxy) is 1. The van der Waals surface area contributed by atoms with E-state index in [1.165, 1.54) is 12.1 Å². The van der Waals surface area contributed by atoms with Crippen LogP contribution in [0, 0.1) is 23.2 Å². The van der Waals surface area contributed by atoms with Gasteiger partial charge in [0.2, 0.25) is 0 Å². The molecule has 3 heteroatoms. The van der Waals surface area contributed by atoms with E-state index in [1.807, 2.05) is 0 Å². The average Bonchev–Trinajstić information content (AvgIpc) is 3.04. The summed E-state index contributed by atoms with van der Waals surface area (Å²) < 4.78 is 6.00.